The Morgan fingerprint density at radius 1 is 0.356 bits per heavy atom. The highest BCUT2D eigenvalue weighted by Gasteiger charge is 2.22. The second kappa shape index (κ2) is 13.4. The first-order chi connectivity index (χ1) is 29.3. The van der Waals surface area contributed by atoms with E-state index in [9.17, 15) is 0 Å². The molecule has 276 valence electrons. The van der Waals surface area contributed by atoms with Crippen molar-refractivity contribution in [3.05, 3.63) is 218 Å². The molecule has 0 bridgehead atoms. The standard InChI is InChI=1S/C56H36N2O/c1-2-21-42-38(16-1)35-50(45-23-4-3-22-44(42)45)48-26-7-9-29-51(48)57(39-18-13-17-37(34-39)43-28-15-33-55-56(43)49-27-8-12-32-54(49)59-55)40-19-14-20-41(36-40)58-52-30-10-5-24-46(52)47-25-6-11-31-53(47)58/h1-36H. The van der Waals surface area contributed by atoms with Crippen LogP contribution in [0.2, 0.25) is 0 Å². The molecule has 59 heavy (non-hydrogen) atoms. The van der Waals surface area contributed by atoms with E-state index in [1.807, 2.05) is 6.07 Å². The van der Waals surface area contributed by atoms with Gasteiger partial charge in [0, 0.05) is 44.2 Å². The van der Waals surface area contributed by atoms with Gasteiger partial charge in [-0.2, -0.15) is 0 Å². The molecule has 0 radical (unpaired) electrons. The van der Waals surface area contributed by atoms with Gasteiger partial charge in [-0.15, -0.1) is 0 Å². The third kappa shape index (κ3) is 5.29. The van der Waals surface area contributed by atoms with E-state index in [-0.39, 0.29) is 0 Å². The fraction of sp³-hybridized carbons (Fsp3) is 0. The van der Waals surface area contributed by atoms with Crippen LogP contribution in [0.1, 0.15) is 0 Å². The number of hydrogen-bond acceptors (Lipinski definition) is 2. The van der Waals surface area contributed by atoms with E-state index in [1.165, 1.54) is 48.9 Å². The molecule has 12 rings (SSSR count). The van der Waals surface area contributed by atoms with Gasteiger partial charge < -0.3 is 13.9 Å². The Balaban J connectivity index is 1.12. The number of furan rings is 1. The van der Waals surface area contributed by atoms with E-state index < -0.39 is 0 Å². The predicted molar refractivity (Wildman–Crippen MR) is 249 cm³/mol. The lowest BCUT2D eigenvalue weighted by Gasteiger charge is -2.29. The van der Waals surface area contributed by atoms with Crippen molar-refractivity contribution in [2.75, 3.05) is 4.90 Å². The maximum atomic E-state index is 6.36. The van der Waals surface area contributed by atoms with Gasteiger partial charge in [-0.1, -0.05) is 152 Å². The minimum Gasteiger partial charge on any atom is -0.456 e. The van der Waals surface area contributed by atoms with E-state index in [0.717, 1.165) is 61.4 Å². The highest BCUT2D eigenvalue weighted by molar-refractivity contribution is 6.16. The molecule has 12 aromatic rings. The van der Waals surface area contributed by atoms with Gasteiger partial charge in [-0.25, -0.2) is 0 Å². The van der Waals surface area contributed by atoms with E-state index in [2.05, 4.69) is 222 Å². The lowest BCUT2D eigenvalue weighted by Crippen LogP contribution is -2.12. The third-order valence-electron chi connectivity index (χ3n) is 11.9. The number of hydrogen-bond donors (Lipinski definition) is 0. The summed E-state index contributed by atoms with van der Waals surface area (Å²) in [6.07, 6.45) is 0. The first-order valence-electron chi connectivity index (χ1n) is 20.2. The first-order valence-corrected chi connectivity index (χ1v) is 20.2. The van der Waals surface area contributed by atoms with Crippen molar-refractivity contribution in [2.45, 2.75) is 0 Å². The Morgan fingerprint density at radius 3 is 1.75 bits per heavy atom. The van der Waals surface area contributed by atoms with Crippen molar-refractivity contribution in [2.24, 2.45) is 0 Å². The number of para-hydroxylation sites is 4. The van der Waals surface area contributed by atoms with Gasteiger partial charge >= 0.3 is 0 Å². The van der Waals surface area contributed by atoms with Crippen LogP contribution in [0.4, 0.5) is 17.1 Å². The highest BCUT2D eigenvalue weighted by Crippen LogP contribution is 2.46. The van der Waals surface area contributed by atoms with Gasteiger partial charge in [0.15, 0.2) is 0 Å². The Morgan fingerprint density at radius 2 is 0.932 bits per heavy atom. The Bertz CT molecular complexity index is 3540. The minimum atomic E-state index is 0.887. The number of aromatic nitrogens is 1. The second-order valence-electron chi connectivity index (χ2n) is 15.3. The molecule has 0 atom stereocenters. The molecule has 0 N–H and O–H groups in total. The van der Waals surface area contributed by atoms with Crippen LogP contribution < -0.4 is 4.90 Å². The summed E-state index contributed by atoms with van der Waals surface area (Å²) >= 11 is 0. The molecule has 0 aliphatic heterocycles. The van der Waals surface area contributed by atoms with Crippen LogP contribution in [-0.2, 0) is 0 Å². The largest absolute Gasteiger partial charge is 0.456 e. The molecule has 10 aromatic carbocycles. The summed E-state index contributed by atoms with van der Waals surface area (Å²) in [4.78, 5) is 2.44. The maximum Gasteiger partial charge on any atom is 0.136 e. The van der Waals surface area contributed by atoms with Crippen molar-refractivity contribution < 1.29 is 4.42 Å². The third-order valence-corrected chi connectivity index (χ3v) is 11.9. The molecular formula is C56H36N2O. The monoisotopic (exact) mass is 752 g/mol. The normalized spacial score (nSPS) is 11.7. The topological polar surface area (TPSA) is 21.3 Å². The van der Waals surface area contributed by atoms with Crippen molar-refractivity contribution in [1.29, 1.82) is 0 Å². The molecular weight excluding hydrogens is 717 g/mol. The molecule has 3 nitrogen and oxygen atoms in total. The van der Waals surface area contributed by atoms with Crippen molar-refractivity contribution in [3.63, 3.8) is 0 Å². The average molecular weight is 753 g/mol. The number of benzene rings is 10. The number of fused-ring (bicyclic) bond motifs is 9. The highest BCUT2D eigenvalue weighted by atomic mass is 16.3. The second-order valence-corrected chi connectivity index (χ2v) is 15.3. The Kier molecular flexibility index (Phi) is 7.54. The molecule has 0 aliphatic carbocycles. The van der Waals surface area contributed by atoms with E-state index in [4.69, 9.17) is 4.42 Å². The average Bonchev–Trinajstić information content (AvgIpc) is 3.86. The zero-order valence-corrected chi connectivity index (χ0v) is 32.1. The molecule has 0 saturated carbocycles. The van der Waals surface area contributed by atoms with Gasteiger partial charge in [-0.05, 0) is 105 Å². The Labute approximate surface area is 341 Å². The van der Waals surface area contributed by atoms with Crippen LogP contribution in [0, 0.1) is 0 Å². The van der Waals surface area contributed by atoms with E-state index in [0.29, 0.717) is 0 Å². The van der Waals surface area contributed by atoms with Gasteiger partial charge in [0.05, 0.1) is 16.7 Å². The molecule has 0 unspecified atom stereocenters. The zero-order chi connectivity index (χ0) is 38.9. The van der Waals surface area contributed by atoms with Gasteiger partial charge in [0.2, 0.25) is 0 Å². The molecule has 0 saturated heterocycles. The van der Waals surface area contributed by atoms with Crippen LogP contribution in [-0.4, -0.2) is 4.57 Å². The van der Waals surface area contributed by atoms with Gasteiger partial charge in [-0.3, -0.25) is 0 Å². The molecule has 3 heteroatoms. The zero-order valence-electron chi connectivity index (χ0n) is 32.1. The van der Waals surface area contributed by atoms with E-state index in [1.54, 1.807) is 0 Å². The molecule has 0 fully saturated rings. The van der Waals surface area contributed by atoms with Crippen LogP contribution >= 0.6 is 0 Å². The smallest absolute Gasteiger partial charge is 0.136 e. The summed E-state index contributed by atoms with van der Waals surface area (Å²) in [5, 5.41) is 9.69. The minimum absolute atomic E-state index is 0.887. The summed E-state index contributed by atoms with van der Waals surface area (Å²) in [5.74, 6) is 0. The van der Waals surface area contributed by atoms with Crippen molar-refractivity contribution in [1.82, 2.24) is 4.57 Å². The summed E-state index contributed by atoms with van der Waals surface area (Å²) in [5.41, 5.74) is 13.1. The summed E-state index contributed by atoms with van der Waals surface area (Å²) < 4.78 is 8.76. The molecule has 2 heterocycles. The first kappa shape index (κ1) is 33.3. The predicted octanol–water partition coefficient (Wildman–Crippen LogP) is 15.8. The Hall–Kier alpha value is -7.88. The van der Waals surface area contributed by atoms with Crippen LogP contribution in [0.25, 0.3) is 93.2 Å². The van der Waals surface area contributed by atoms with Gasteiger partial charge in [0.25, 0.3) is 0 Å². The fourth-order valence-corrected chi connectivity index (χ4v) is 9.40. The SMILES string of the molecule is c1cc(-c2cccc3oc4ccccc4c23)cc(N(c2cccc(-n3c4ccccc4c4ccccc43)c2)c2ccccc2-c2cc3ccccc3c3ccccc23)c1. The lowest BCUT2D eigenvalue weighted by atomic mass is 9.92. The fourth-order valence-electron chi connectivity index (χ4n) is 9.40. The number of anilines is 3. The quantitative estimate of drug-likeness (QED) is 0.158. The van der Waals surface area contributed by atoms with E-state index >= 15 is 0 Å². The summed E-state index contributed by atoms with van der Waals surface area (Å²) in [7, 11) is 0. The summed E-state index contributed by atoms with van der Waals surface area (Å²) in [6.45, 7) is 0. The maximum absolute atomic E-state index is 6.36. The summed E-state index contributed by atoms with van der Waals surface area (Å²) in [6, 6.07) is 78.9. The molecule has 0 aliphatic rings. The van der Waals surface area contributed by atoms with Crippen LogP contribution in [0.5, 0.6) is 0 Å². The van der Waals surface area contributed by atoms with Crippen LogP contribution in [0.3, 0.4) is 0 Å². The van der Waals surface area contributed by atoms with Crippen molar-refractivity contribution >= 4 is 82.4 Å². The molecule has 0 amide bonds. The van der Waals surface area contributed by atoms with Crippen LogP contribution in [0.15, 0.2) is 223 Å². The molecule has 2 aromatic heterocycles. The van der Waals surface area contributed by atoms with Crippen molar-refractivity contribution in [3.8, 4) is 27.9 Å². The lowest BCUT2D eigenvalue weighted by molar-refractivity contribution is 0.669. The molecule has 0 spiro atoms. The number of nitrogens with zero attached hydrogens (tertiary/aromatic N) is 2. The number of rotatable bonds is 6. The van der Waals surface area contributed by atoms with Gasteiger partial charge in [0.1, 0.15) is 11.2 Å².